The minimum atomic E-state index is 0.516. The van der Waals surface area contributed by atoms with Crippen LogP contribution in [0.3, 0.4) is 0 Å². The smallest absolute Gasteiger partial charge is 0.0988 e. The highest BCUT2D eigenvalue weighted by molar-refractivity contribution is 5.83. The average Bonchev–Trinajstić information content (AvgIpc) is 2.28. The third-order valence-electron chi connectivity index (χ3n) is 2.59. The van der Waals surface area contributed by atoms with Crippen LogP contribution in [0.25, 0.3) is 6.08 Å². The van der Waals surface area contributed by atoms with E-state index in [4.69, 9.17) is 0 Å². The Morgan fingerprint density at radius 2 is 2.12 bits per heavy atom. The third-order valence-corrected chi connectivity index (χ3v) is 2.59. The van der Waals surface area contributed by atoms with E-state index in [0.717, 1.165) is 17.1 Å². The topological polar surface area (TPSA) is 24.4 Å². The first-order valence-electron chi connectivity index (χ1n) is 5.58. The molecule has 1 aromatic carbocycles. The monoisotopic (exact) mass is 216 g/mol. The van der Waals surface area contributed by atoms with E-state index in [-0.39, 0.29) is 0 Å². The van der Waals surface area contributed by atoms with Crippen LogP contribution in [0, 0.1) is 0 Å². The third kappa shape index (κ3) is 2.96. The van der Waals surface area contributed by atoms with Gasteiger partial charge in [0.15, 0.2) is 0 Å². The molecule has 0 heterocycles. The summed E-state index contributed by atoms with van der Waals surface area (Å²) in [6.07, 6.45) is 1.84. The summed E-state index contributed by atoms with van der Waals surface area (Å²) in [5, 5.41) is 3.03. The SMILES string of the molecule is C=Cc1ccc(C(C)C)cc1/N=C(/C)NC. The van der Waals surface area contributed by atoms with Gasteiger partial charge >= 0.3 is 0 Å². The molecule has 1 aromatic rings. The zero-order valence-corrected chi connectivity index (χ0v) is 10.5. The van der Waals surface area contributed by atoms with Crippen molar-refractivity contribution in [3.05, 3.63) is 35.9 Å². The molecule has 1 rings (SSSR count). The molecule has 0 aromatic heterocycles. The predicted octanol–water partition coefficient (Wildman–Crippen LogP) is 3.72. The van der Waals surface area contributed by atoms with Crippen LogP contribution >= 0.6 is 0 Å². The number of aliphatic imine (C=N–C) groups is 1. The number of hydrogen-bond donors (Lipinski definition) is 1. The van der Waals surface area contributed by atoms with Crippen LogP contribution < -0.4 is 5.32 Å². The molecule has 0 aliphatic heterocycles. The lowest BCUT2D eigenvalue weighted by molar-refractivity contribution is 0.866. The highest BCUT2D eigenvalue weighted by Gasteiger charge is 2.03. The Morgan fingerprint density at radius 1 is 1.44 bits per heavy atom. The van der Waals surface area contributed by atoms with Gasteiger partial charge in [-0.3, -0.25) is 0 Å². The molecule has 0 aliphatic carbocycles. The van der Waals surface area contributed by atoms with E-state index in [1.54, 1.807) is 0 Å². The molecule has 0 radical (unpaired) electrons. The summed E-state index contributed by atoms with van der Waals surface area (Å²) in [5.41, 5.74) is 3.35. The van der Waals surface area contributed by atoms with Crippen LogP contribution in [0.1, 0.15) is 37.8 Å². The first-order valence-corrected chi connectivity index (χ1v) is 5.58. The second kappa shape index (κ2) is 5.50. The number of amidine groups is 1. The van der Waals surface area contributed by atoms with Crippen molar-refractivity contribution in [2.75, 3.05) is 7.05 Å². The Balaban J connectivity index is 3.22. The number of hydrogen-bond acceptors (Lipinski definition) is 1. The molecule has 86 valence electrons. The molecule has 0 aliphatic rings. The fraction of sp³-hybridized carbons (Fsp3) is 0.357. The Morgan fingerprint density at radius 3 is 2.62 bits per heavy atom. The lowest BCUT2D eigenvalue weighted by Gasteiger charge is -2.09. The summed E-state index contributed by atoms with van der Waals surface area (Å²) in [7, 11) is 1.87. The molecule has 0 saturated heterocycles. The predicted molar refractivity (Wildman–Crippen MR) is 72.5 cm³/mol. The Labute approximate surface area is 98.1 Å². The van der Waals surface area contributed by atoms with E-state index in [1.165, 1.54) is 5.56 Å². The highest BCUT2D eigenvalue weighted by atomic mass is 15.0. The van der Waals surface area contributed by atoms with Gasteiger partial charge in [-0.25, -0.2) is 4.99 Å². The molecule has 2 heteroatoms. The van der Waals surface area contributed by atoms with Gasteiger partial charge in [-0.15, -0.1) is 0 Å². The number of rotatable bonds is 3. The molecule has 1 N–H and O–H groups in total. The first kappa shape index (κ1) is 12.5. The maximum absolute atomic E-state index is 4.53. The highest BCUT2D eigenvalue weighted by Crippen LogP contribution is 2.26. The Hall–Kier alpha value is -1.57. The van der Waals surface area contributed by atoms with Gasteiger partial charge in [0, 0.05) is 7.05 Å². The lowest BCUT2D eigenvalue weighted by atomic mass is 10.0. The maximum atomic E-state index is 4.53. The summed E-state index contributed by atoms with van der Waals surface area (Å²) < 4.78 is 0. The lowest BCUT2D eigenvalue weighted by Crippen LogP contribution is -2.12. The normalized spacial score (nSPS) is 11.7. The van der Waals surface area contributed by atoms with Crippen molar-refractivity contribution >= 4 is 17.6 Å². The van der Waals surface area contributed by atoms with Crippen molar-refractivity contribution in [3.63, 3.8) is 0 Å². The van der Waals surface area contributed by atoms with Gasteiger partial charge in [-0.2, -0.15) is 0 Å². The second-order valence-corrected chi connectivity index (χ2v) is 4.12. The van der Waals surface area contributed by atoms with Gasteiger partial charge < -0.3 is 5.32 Å². The van der Waals surface area contributed by atoms with Crippen LogP contribution in [0.2, 0.25) is 0 Å². The number of nitrogens with one attached hydrogen (secondary N) is 1. The number of benzene rings is 1. The van der Waals surface area contributed by atoms with E-state index in [2.05, 4.69) is 48.9 Å². The van der Waals surface area contributed by atoms with Crippen LogP contribution in [0.4, 0.5) is 5.69 Å². The van der Waals surface area contributed by atoms with Crippen molar-refractivity contribution in [1.29, 1.82) is 0 Å². The fourth-order valence-electron chi connectivity index (χ4n) is 1.43. The molecular weight excluding hydrogens is 196 g/mol. The van der Waals surface area contributed by atoms with Crippen LogP contribution in [0.5, 0.6) is 0 Å². The molecule has 0 atom stereocenters. The van der Waals surface area contributed by atoms with E-state index >= 15 is 0 Å². The Bertz CT molecular complexity index is 403. The van der Waals surface area contributed by atoms with Crippen molar-refractivity contribution in [1.82, 2.24) is 5.32 Å². The van der Waals surface area contributed by atoms with E-state index < -0.39 is 0 Å². The molecular formula is C14H20N2. The van der Waals surface area contributed by atoms with Crippen molar-refractivity contribution < 1.29 is 0 Å². The van der Waals surface area contributed by atoms with Crippen molar-refractivity contribution in [3.8, 4) is 0 Å². The van der Waals surface area contributed by atoms with Gasteiger partial charge in [0.1, 0.15) is 0 Å². The van der Waals surface area contributed by atoms with Crippen LogP contribution in [0.15, 0.2) is 29.8 Å². The second-order valence-electron chi connectivity index (χ2n) is 4.12. The van der Waals surface area contributed by atoms with Gasteiger partial charge in [-0.05, 0) is 30.0 Å². The average molecular weight is 216 g/mol. The van der Waals surface area contributed by atoms with Crippen molar-refractivity contribution in [2.45, 2.75) is 26.7 Å². The first-order chi connectivity index (χ1) is 7.58. The summed E-state index contributed by atoms with van der Waals surface area (Å²) in [6, 6.07) is 6.34. The molecule has 0 unspecified atom stereocenters. The van der Waals surface area contributed by atoms with Crippen LogP contribution in [-0.4, -0.2) is 12.9 Å². The maximum Gasteiger partial charge on any atom is 0.0988 e. The molecule has 0 saturated carbocycles. The van der Waals surface area contributed by atoms with E-state index in [0.29, 0.717) is 5.92 Å². The van der Waals surface area contributed by atoms with Crippen molar-refractivity contribution in [2.24, 2.45) is 4.99 Å². The molecule has 16 heavy (non-hydrogen) atoms. The van der Waals surface area contributed by atoms with Gasteiger partial charge in [0.25, 0.3) is 0 Å². The van der Waals surface area contributed by atoms with Gasteiger partial charge in [0.2, 0.25) is 0 Å². The molecule has 0 spiro atoms. The van der Waals surface area contributed by atoms with Gasteiger partial charge in [0.05, 0.1) is 11.5 Å². The largest absolute Gasteiger partial charge is 0.377 e. The molecule has 0 amide bonds. The summed E-state index contributed by atoms with van der Waals surface area (Å²) in [5.74, 6) is 1.42. The minimum absolute atomic E-state index is 0.516. The van der Waals surface area contributed by atoms with Gasteiger partial charge in [-0.1, -0.05) is 38.6 Å². The summed E-state index contributed by atoms with van der Waals surface area (Å²) in [4.78, 5) is 4.53. The fourth-order valence-corrected chi connectivity index (χ4v) is 1.43. The van der Waals surface area contributed by atoms with E-state index in [9.17, 15) is 0 Å². The number of nitrogens with zero attached hydrogens (tertiary/aromatic N) is 1. The molecule has 0 bridgehead atoms. The van der Waals surface area contributed by atoms with Crippen LogP contribution in [-0.2, 0) is 0 Å². The molecule has 2 nitrogen and oxygen atoms in total. The standard InChI is InChI=1S/C14H20N2/c1-6-12-7-8-13(10(2)3)9-14(12)16-11(4)15-5/h6-10H,1H2,2-5H3,(H,15,16). The minimum Gasteiger partial charge on any atom is -0.377 e. The summed E-state index contributed by atoms with van der Waals surface area (Å²) >= 11 is 0. The zero-order chi connectivity index (χ0) is 12.1. The molecule has 0 fully saturated rings. The zero-order valence-electron chi connectivity index (χ0n) is 10.5. The van der Waals surface area contributed by atoms with E-state index in [1.807, 2.05) is 20.0 Å². The summed E-state index contributed by atoms with van der Waals surface area (Å²) in [6.45, 7) is 10.1. The Kier molecular flexibility index (Phi) is 4.29. The quantitative estimate of drug-likeness (QED) is 0.604.